The summed E-state index contributed by atoms with van der Waals surface area (Å²) in [5.41, 5.74) is 6.95. The van der Waals surface area contributed by atoms with Crippen LogP contribution < -0.4 is 11.1 Å². The van der Waals surface area contributed by atoms with Gasteiger partial charge in [-0.1, -0.05) is 18.6 Å². The Hall–Kier alpha value is -2.35. The summed E-state index contributed by atoms with van der Waals surface area (Å²) in [6.07, 6.45) is 5.66. The summed E-state index contributed by atoms with van der Waals surface area (Å²) in [4.78, 5) is 13.3. The number of fused-ring (bicyclic) bond motifs is 2. The van der Waals surface area contributed by atoms with Crippen molar-refractivity contribution >= 4 is 5.91 Å². The molecule has 2 bridgehead atoms. The Morgan fingerprint density at radius 3 is 2.75 bits per heavy atom. The standard InChI is InChI=1S/C20H27FN6O/c1-12-24-25-26-27(12)18(9-13-4-2-7-16(21)8-13)20(28)23-19-14-5-3-6-15(19)11-17(22)10-14/h2,4,7-8,14-15,17-19H,3,5-6,9-11,22H2,1H3,(H,23,28). The molecule has 4 rings (SSSR count). The van der Waals surface area contributed by atoms with Crippen molar-refractivity contribution in [1.29, 1.82) is 0 Å². The summed E-state index contributed by atoms with van der Waals surface area (Å²) in [6.45, 7) is 1.76. The molecule has 2 fully saturated rings. The van der Waals surface area contributed by atoms with Crippen molar-refractivity contribution in [3.05, 3.63) is 41.5 Å². The second kappa shape index (κ2) is 7.95. The molecule has 2 aliphatic rings. The van der Waals surface area contributed by atoms with Crippen LogP contribution in [0, 0.1) is 24.6 Å². The number of hydrogen-bond donors (Lipinski definition) is 2. The molecule has 0 saturated heterocycles. The van der Waals surface area contributed by atoms with E-state index < -0.39 is 6.04 Å². The van der Waals surface area contributed by atoms with Crippen molar-refractivity contribution < 1.29 is 9.18 Å². The predicted octanol–water partition coefficient (Wildman–Crippen LogP) is 1.93. The molecule has 2 saturated carbocycles. The molecule has 0 spiro atoms. The molecule has 0 aliphatic heterocycles. The van der Waals surface area contributed by atoms with Gasteiger partial charge < -0.3 is 11.1 Å². The highest BCUT2D eigenvalue weighted by Crippen LogP contribution is 2.39. The number of benzene rings is 1. The number of tetrazole rings is 1. The van der Waals surface area contributed by atoms with Crippen molar-refractivity contribution in [2.75, 3.05) is 0 Å². The zero-order valence-corrected chi connectivity index (χ0v) is 16.1. The Labute approximate surface area is 163 Å². The van der Waals surface area contributed by atoms with E-state index in [1.165, 1.54) is 23.2 Å². The van der Waals surface area contributed by atoms with Crippen LogP contribution in [-0.2, 0) is 11.2 Å². The van der Waals surface area contributed by atoms with Gasteiger partial charge in [0.05, 0.1) is 0 Å². The zero-order chi connectivity index (χ0) is 19.7. The third-order valence-electron chi connectivity index (χ3n) is 6.26. The van der Waals surface area contributed by atoms with Crippen LogP contribution in [-0.4, -0.2) is 38.2 Å². The molecular formula is C20H27FN6O. The molecule has 1 aromatic carbocycles. The van der Waals surface area contributed by atoms with E-state index in [2.05, 4.69) is 20.8 Å². The molecular weight excluding hydrogens is 359 g/mol. The first-order valence-corrected chi connectivity index (χ1v) is 10.1. The molecule has 1 aromatic heterocycles. The van der Waals surface area contributed by atoms with Gasteiger partial charge in [0.25, 0.3) is 0 Å². The summed E-state index contributed by atoms with van der Waals surface area (Å²) in [5.74, 6) is 0.979. The lowest BCUT2D eigenvalue weighted by atomic mass is 9.67. The first kappa shape index (κ1) is 19.0. The molecule has 1 amide bonds. The monoisotopic (exact) mass is 386 g/mol. The van der Waals surface area contributed by atoms with Gasteiger partial charge in [-0.2, -0.15) is 0 Å². The first-order chi connectivity index (χ1) is 13.5. The average Bonchev–Trinajstić information content (AvgIpc) is 3.06. The van der Waals surface area contributed by atoms with E-state index in [4.69, 9.17) is 5.73 Å². The van der Waals surface area contributed by atoms with E-state index in [1.54, 1.807) is 13.0 Å². The second-order valence-corrected chi connectivity index (χ2v) is 8.24. The fourth-order valence-corrected chi connectivity index (χ4v) is 4.99. The van der Waals surface area contributed by atoms with Crippen LogP contribution in [0.4, 0.5) is 4.39 Å². The molecule has 150 valence electrons. The van der Waals surface area contributed by atoms with Crippen molar-refractivity contribution in [1.82, 2.24) is 25.5 Å². The smallest absolute Gasteiger partial charge is 0.245 e. The number of carbonyl (C=O) groups excluding carboxylic acids is 1. The lowest BCUT2D eigenvalue weighted by Gasteiger charge is -2.45. The van der Waals surface area contributed by atoms with Crippen molar-refractivity contribution in [2.24, 2.45) is 17.6 Å². The summed E-state index contributed by atoms with van der Waals surface area (Å²) in [7, 11) is 0. The Morgan fingerprint density at radius 2 is 2.11 bits per heavy atom. The quantitative estimate of drug-likeness (QED) is 0.818. The van der Waals surface area contributed by atoms with E-state index in [0.717, 1.165) is 31.2 Å². The molecule has 28 heavy (non-hydrogen) atoms. The second-order valence-electron chi connectivity index (χ2n) is 8.24. The fraction of sp³-hybridized carbons (Fsp3) is 0.600. The third kappa shape index (κ3) is 3.92. The molecule has 8 heteroatoms. The lowest BCUT2D eigenvalue weighted by molar-refractivity contribution is -0.127. The summed E-state index contributed by atoms with van der Waals surface area (Å²) in [6, 6.07) is 6.08. The van der Waals surface area contributed by atoms with Gasteiger partial charge in [0.15, 0.2) is 0 Å². The van der Waals surface area contributed by atoms with Crippen LogP contribution >= 0.6 is 0 Å². The van der Waals surface area contributed by atoms with Crippen molar-refractivity contribution in [2.45, 2.75) is 63.6 Å². The highest BCUT2D eigenvalue weighted by atomic mass is 19.1. The number of nitrogens with zero attached hydrogens (tertiary/aromatic N) is 4. The zero-order valence-electron chi connectivity index (χ0n) is 16.1. The van der Waals surface area contributed by atoms with Gasteiger partial charge in [-0.25, -0.2) is 9.07 Å². The Morgan fingerprint density at radius 1 is 1.36 bits per heavy atom. The highest BCUT2D eigenvalue weighted by Gasteiger charge is 2.41. The number of halogens is 1. The number of nitrogens with two attached hydrogens (primary N) is 1. The Balaban J connectivity index is 1.56. The first-order valence-electron chi connectivity index (χ1n) is 10.1. The van der Waals surface area contributed by atoms with Gasteiger partial charge in [-0.3, -0.25) is 4.79 Å². The minimum Gasteiger partial charge on any atom is -0.351 e. The number of carbonyl (C=O) groups is 1. The predicted molar refractivity (Wildman–Crippen MR) is 102 cm³/mol. The third-order valence-corrected chi connectivity index (χ3v) is 6.26. The van der Waals surface area contributed by atoms with Gasteiger partial charge in [0.1, 0.15) is 17.7 Å². The molecule has 1 heterocycles. The van der Waals surface area contributed by atoms with Crippen LogP contribution in [0.5, 0.6) is 0 Å². The minimum atomic E-state index is -0.617. The summed E-state index contributed by atoms with van der Waals surface area (Å²) >= 11 is 0. The average molecular weight is 386 g/mol. The van der Waals surface area contributed by atoms with E-state index in [9.17, 15) is 9.18 Å². The number of hydrogen-bond acceptors (Lipinski definition) is 5. The maximum absolute atomic E-state index is 13.6. The van der Waals surface area contributed by atoms with Crippen LogP contribution in [0.3, 0.4) is 0 Å². The topological polar surface area (TPSA) is 98.7 Å². The Kier molecular flexibility index (Phi) is 5.39. The van der Waals surface area contributed by atoms with Crippen molar-refractivity contribution in [3.8, 4) is 0 Å². The molecule has 0 radical (unpaired) electrons. The Bertz CT molecular complexity index is 826. The summed E-state index contributed by atoms with van der Waals surface area (Å²) < 4.78 is 15.2. The van der Waals surface area contributed by atoms with Gasteiger partial charge in [-0.05, 0) is 72.6 Å². The van der Waals surface area contributed by atoms with Crippen LogP contribution in [0.25, 0.3) is 0 Å². The van der Waals surface area contributed by atoms with Gasteiger partial charge in [0, 0.05) is 18.5 Å². The lowest BCUT2D eigenvalue weighted by Crippen LogP contribution is -2.55. The van der Waals surface area contributed by atoms with Gasteiger partial charge >= 0.3 is 0 Å². The van der Waals surface area contributed by atoms with Crippen LogP contribution in [0.1, 0.15) is 49.5 Å². The number of aryl methyl sites for hydroxylation is 1. The molecule has 7 nitrogen and oxygen atoms in total. The molecule has 2 aliphatic carbocycles. The number of aromatic nitrogens is 4. The largest absolute Gasteiger partial charge is 0.351 e. The summed E-state index contributed by atoms with van der Waals surface area (Å²) in [5, 5.41) is 14.9. The van der Waals surface area contributed by atoms with Crippen LogP contribution in [0.2, 0.25) is 0 Å². The molecule has 2 aromatic rings. The molecule has 3 unspecified atom stereocenters. The molecule has 3 N–H and O–H groups in total. The normalized spacial score (nSPS) is 28.0. The van der Waals surface area contributed by atoms with Gasteiger partial charge in [0.2, 0.25) is 5.91 Å². The SMILES string of the molecule is Cc1nnnn1C(Cc1cccc(F)c1)C(=O)NC1C2CCCC1CC(N)C2. The van der Waals surface area contributed by atoms with Crippen molar-refractivity contribution in [3.63, 3.8) is 0 Å². The maximum Gasteiger partial charge on any atom is 0.245 e. The maximum atomic E-state index is 13.6. The van der Waals surface area contributed by atoms with E-state index in [-0.39, 0.29) is 23.8 Å². The molecule has 3 atom stereocenters. The van der Waals surface area contributed by atoms with E-state index in [0.29, 0.717) is 24.1 Å². The number of nitrogens with one attached hydrogen (secondary N) is 1. The van der Waals surface area contributed by atoms with Crippen LogP contribution in [0.15, 0.2) is 24.3 Å². The minimum absolute atomic E-state index is 0.114. The number of amides is 1. The number of rotatable bonds is 5. The van der Waals surface area contributed by atoms with E-state index >= 15 is 0 Å². The fourth-order valence-electron chi connectivity index (χ4n) is 4.99. The van der Waals surface area contributed by atoms with Gasteiger partial charge in [-0.15, -0.1) is 5.10 Å². The van der Waals surface area contributed by atoms with E-state index in [1.807, 2.05) is 6.07 Å². The highest BCUT2D eigenvalue weighted by molar-refractivity contribution is 5.81.